The predicted octanol–water partition coefficient (Wildman–Crippen LogP) is 3.34. The first-order chi connectivity index (χ1) is 7.86. The molecule has 0 saturated heterocycles. The van der Waals surface area contributed by atoms with Crippen LogP contribution in [0.2, 0.25) is 0 Å². The van der Waals surface area contributed by atoms with Gasteiger partial charge in [0.05, 0.1) is 5.56 Å². The third-order valence-corrected chi connectivity index (χ3v) is 2.73. The summed E-state index contributed by atoms with van der Waals surface area (Å²) in [5, 5.41) is 0. The molecule has 0 aliphatic heterocycles. The second-order valence-corrected chi connectivity index (χ2v) is 4.02. The van der Waals surface area contributed by atoms with Gasteiger partial charge in [0.25, 0.3) is 0 Å². The van der Waals surface area contributed by atoms with E-state index in [1.165, 1.54) is 6.42 Å². The van der Waals surface area contributed by atoms with Gasteiger partial charge in [0.1, 0.15) is 6.10 Å². The Morgan fingerprint density at radius 3 is 2.81 bits per heavy atom. The molecule has 0 saturated carbocycles. The fourth-order valence-corrected chi connectivity index (χ4v) is 1.83. The van der Waals surface area contributed by atoms with E-state index >= 15 is 0 Å². The zero-order chi connectivity index (χ0) is 11.2. The molecule has 1 aromatic carbocycles. The highest BCUT2D eigenvalue weighted by Gasteiger charge is 2.14. The monoisotopic (exact) mass is 216 g/mol. The Hall–Kier alpha value is -1.57. The molecule has 2 heteroatoms. The number of esters is 1. The third kappa shape index (κ3) is 2.96. The minimum Gasteiger partial charge on any atom is -0.455 e. The highest BCUT2D eigenvalue weighted by Crippen LogP contribution is 2.15. The van der Waals surface area contributed by atoms with Gasteiger partial charge in [-0.1, -0.05) is 24.3 Å². The third-order valence-electron chi connectivity index (χ3n) is 2.73. The summed E-state index contributed by atoms with van der Waals surface area (Å²) in [4.78, 5) is 11.8. The van der Waals surface area contributed by atoms with Crippen molar-refractivity contribution in [3.05, 3.63) is 48.0 Å². The normalized spacial score (nSPS) is 20.1. The number of allylic oxidation sites excluding steroid dienone is 1. The van der Waals surface area contributed by atoms with Crippen molar-refractivity contribution in [1.82, 2.24) is 0 Å². The van der Waals surface area contributed by atoms with Crippen LogP contribution in [-0.4, -0.2) is 12.1 Å². The van der Waals surface area contributed by atoms with Crippen LogP contribution in [-0.2, 0) is 4.74 Å². The van der Waals surface area contributed by atoms with E-state index in [2.05, 4.69) is 6.08 Å². The van der Waals surface area contributed by atoms with E-state index in [9.17, 15) is 4.79 Å². The van der Waals surface area contributed by atoms with E-state index < -0.39 is 0 Å². The highest BCUT2D eigenvalue weighted by atomic mass is 16.5. The van der Waals surface area contributed by atoms with E-state index in [0.29, 0.717) is 5.56 Å². The first-order valence-electron chi connectivity index (χ1n) is 5.79. The van der Waals surface area contributed by atoms with Crippen LogP contribution in [0.4, 0.5) is 0 Å². The fourth-order valence-electron chi connectivity index (χ4n) is 1.83. The van der Waals surface area contributed by atoms with Crippen LogP contribution in [0.15, 0.2) is 42.5 Å². The predicted molar refractivity (Wildman–Crippen MR) is 63.3 cm³/mol. The van der Waals surface area contributed by atoms with Crippen molar-refractivity contribution in [2.75, 3.05) is 0 Å². The SMILES string of the molecule is O=C(O[C@@H]1C=CCCCC1)c1ccccc1. The molecule has 0 bridgehead atoms. The molecule has 0 unspecified atom stereocenters. The van der Waals surface area contributed by atoms with E-state index in [4.69, 9.17) is 4.74 Å². The quantitative estimate of drug-likeness (QED) is 0.560. The zero-order valence-corrected chi connectivity index (χ0v) is 9.26. The van der Waals surface area contributed by atoms with E-state index in [1.807, 2.05) is 24.3 Å². The lowest BCUT2D eigenvalue weighted by Gasteiger charge is -2.12. The average molecular weight is 216 g/mol. The largest absolute Gasteiger partial charge is 0.455 e. The van der Waals surface area contributed by atoms with Gasteiger partial charge >= 0.3 is 5.97 Å². The molecule has 0 spiro atoms. The van der Waals surface area contributed by atoms with Gasteiger partial charge in [-0.25, -0.2) is 4.79 Å². The topological polar surface area (TPSA) is 26.3 Å². The molecule has 0 N–H and O–H groups in total. The second-order valence-electron chi connectivity index (χ2n) is 4.02. The van der Waals surface area contributed by atoms with E-state index in [0.717, 1.165) is 19.3 Å². The Morgan fingerprint density at radius 1 is 1.19 bits per heavy atom. The van der Waals surface area contributed by atoms with Crippen molar-refractivity contribution in [2.24, 2.45) is 0 Å². The highest BCUT2D eigenvalue weighted by molar-refractivity contribution is 5.89. The molecule has 1 aliphatic rings. The van der Waals surface area contributed by atoms with Crippen LogP contribution in [0.3, 0.4) is 0 Å². The van der Waals surface area contributed by atoms with Gasteiger partial charge in [-0.2, -0.15) is 0 Å². The summed E-state index contributed by atoms with van der Waals surface area (Å²) in [5.74, 6) is -0.225. The zero-order valence-electron chi connectivity index (χ0n) is 9.26. The molecule has 0 heterocycles. The lowest BCUT2D eigenvalue weighted by molar-refractivity contribution is 0.0379. The molecule has 1 aromatic rings. The first-order valence-corrected chi connectivity index (χ1v) is 5.79. The number of carbonyl (C=O) groups is 1. The van der Waals surface area contributed by atoms with Crippen molar-refractivity contribution in [2.45, 2.75) is 31.8 Å². The summed E-state index contributed by atoms with van der Waals surface area (Å²) in [5.41, 5.74) is 0.625. The van der Waals surface area contributed by atoms with E-state index in [1.54, 1.807) is 12.1 Å². The standard InChI is InChI=1S/C14H16O2/c15-14(12-8-4-3-5-9-12)16-13-10-6-1-2-7-11-13/h3-6,8-10,13H,1-2,7,11H2/t13-/m1/s1. The summed E-state index contributed by atoms with van der Waals surface area (Å²) in [7, 11) is 0. The Morgan fingerprint density at radius 2 is 2.00 bits per heavy atom. The van der Waals surface area contributed by atoms with Gasteiger partial charge in [0.15, 0.2) is 0 Å². The molecule has 0 amide bonds. The lowest BCUT2D eigenvalue weighted by atomic mass is 10.2. The van der Waals surface area contributed by atoms with Gasteiger partial charge in [-0.05, 0) is 43.9 Å². The fraction of sp³-hybridized carbons (Fsp3) is 0.357. The molecule has 2 rings (SSSR count). The maximum absolute atomic E-state index is 11.8. The lowest BCUT2D eigenvalue weighted by Crippen LogP contribution is -2.15. The van der Waals surface area contributed by atoms with E-state index in [-0.39, 0.29) is 12.1 Å². The van der Waals surface area contributed by atoms with Gasteiger partial charge in [0, 0.05) is 0 Å². The summed E-state index contributed by atoms with van der Waals surface area (Å²) >= 11 is 0. The van der Waals surface area contributed by atoms with Crippen LogP contribution < -0.4 is 0 Å². The number of ether oxygens (including phenoxy) is 1. The number of hydrogen-bond donors (Lipinski definition) is 0. The van der Waals surface area contributed by atoms with Crippen LogP contribution in [0.25, 0.3) is 0 Å². The molecule has 0 aromatic heterocycles. The smallest absolute Gasteiger partial charge is 0.338 e. The van der Waals surface area contributed by atoms with Crippen molar-refractivity contribution in [3.8, 4) is 0 Å². The molecule has 84 valence electrons. The molecule has 1 aliphatic carbocycles. The van der Waals surface area contributed by atoms with Gasteiger partial charge < -0.3 is 4.74 Å². The first kappa shape index (κ1) is 10.9. The molecular formula is C14H16O2. The number of benzene rings is 1. The summed E-state index contributed by atoms with van der Waals surface area (Å²) in [6.45, 7) is 0. The van der Waals surface area contributed by atoms with Crippen molar-refractivity contribution >= 4 is 5.97 Å². The number of rotatable bonds is 2. The Labute approximate surface area is 95.9 Å². The maximum Gasteiger partial charge on any atom is 0.338 e. The average Bonchev–Trinajstić information content (AvgIpc) is 2.59. The Balaban J connectivity index is 1.96. The van der Waals surface area contributed by atoms with Gasteiger partial charge in [0.2, 0.25) is 0 Å². The van der Waals surface area contributed by atoms with Gasteiger partial charge in [-0.3, -0.25) is 0 Å². The Kier molecular flexibility index (Phi) is 3.76. The van der Waals surface area contributed by atoms with Crippen LogP contribution in [0.1, 0.15) is 36.0 Å². The number of hydrogen-bond acceptors (Lipinski definition) is 2. The van der Waals surface area contributed by atoms with Crippen molar-refractivity contribution < 1.29 is 9.53 Å². The minimum atomic E-state index is -0.225. The molecule has 0 radical (unpaired) electrons. The molecule has 2 nitrogen and oxygen atoms in total. The Bertz CT molecular complexity index is 368. The second kappa shape index (κ2) is 5.50. The van der Waals surface area contributed by atoms with Crippen molar-refractivity contribution in [1.29, 1.82) is 0 Å². The summed E-state index contributed by atoms with van der Waals surface area (Å²) < 4.78 is 5.43. The van der Waals surface area contributed by atoms with Gasteiger partial charge in [-0.15, -0.1) is 0 Å². The molecule has 16 heavy (non-hydrogen) atoms. The molecule has 0 fully saturated rings. The number of carbonyl (C=O) groups excluding carboxylic acids is 1. The van der Waals surface area contributed by atoms with Crippen LogP contribution >= 0.6 is 0 Å². The maximum atomic E-state index is 11.8. The minimum absolute atomic E-state index is 0.0461. The molecular weight excluding hydrogens is 200 g/mol. The van der Waals surface area contributed by atoms with Crippen LogP contribution in [0, 0.1) is 0 Å². The molecule has 1 atom stereocenters. The summed E-state index contributed by atoms with van der Waals surface area (Å²) in [6.07, 6.45) is 8.42. The van der Waals surface area contributed by atoms with Crippen LogP contribution in [0.5, 0.6) is 0 Å². The summed E-state index contributed by atoms with van der Waals surface area (Å²) in [6, 6.07) is 9.15. The van der Waals surface area contributed by atoms with Crippen molar-refractivity contribution in [3.63, 3.8) is 0 Å².